The Morgan fingerprint density at radius 1 is 1.39 bits per heavy atom. The van der Waals surface area contributed by atoms with Gasteiger partial charge < -0.3 is 9.84 Å². The predicted octanol–water partition coefficient (Wildman–Crippen LogP) is 1.84. The molecule has 0 fully saturated rings. The molecular weight excluding hydrogens is 234 g/mol. The lowest BCUT2D eigenvalue weighted by atomic mass is 10.2. The fourth-order valence-corrected chi connectivity index (χ4v) is 1.29. The maximum Gasteiger partial charge on any atom is 0.339 e. The Balaban J connectivity index is 2.34. The Hall–Kier alpha value is -2.94. The third-order valence-electron chi connectivity index (χ3n) is 2.09. The zero-order valence-corrected chi connectivity index (χ0v) is 9.07. The Kier molecular flexibility index (Phi) is 3.16. The molecule has 0 aliphatic carbocycles. The van der Waals surface area contributed by atoms with Gasteiger partial charge in [0, 0.05) is 18.5 Å². The number of carboxylic acid groups (broad SMARTS) is 1. The van der Waals surface area contributed by atoms with E-state index in [1.165, 1.54) is 36.8 Å². The molecule has 0 aliphatic rings. The van der Waals surface area contributed by atoms with Crippen LogP contribution >= 0.6 is 0 Å². The van der Waals surface area contributed by atoms with Gasteiger partial charge in [-0.15, -0.1) is 0 Å². The summed E-state index contributed by atoms with van der Waals surface area (Å²) in [5.41, 5.74) is 0.356. The third kappa shape index (κ3) is 2.41. The van der Waals surface area contributed by atoms with Crippen molar-refractivity contribution < 1.29 is 14.6 Å². The van der Waals surface area contributed by atoms with Crippen LogP contribution < -0.4 is 4.74 Å². The molecule has 0 spiro atoms. The summed E-state index contributed by atoms with van der Waals surface area (Å²) in [5.74, 6) is -0.902. The number of aromatic nitrogens is 2. The first-order valence-electron chi connectivity index (χ1n) is 4.92. The number of carboxylic acids is 1. The fraction of sp³-hybridized carbons (Fsp3) is 0. The van der Waals surface area contributed by atoms with Crippen LogP contribution in [0.2, 0.25) is 0 Å². The number of carbonyl (C=O) groups is 1. The predicted molar refractivity (Wildman–Crippen MR) is 60.2 cm³/mol. The van der Waals surface area contributed by atoms with E-state index in [1.807, 2.05) is 6.07 Å². The second-order valence-electron chi connectivity index (χ2n) is 3.27. The van der Waals surface area contributed by atoms with Gasteiger partial charge in [-0.3, -0.25) is 4.98 Å². The Morgan fingerprint density at radius 2 is 2.22 bits per heavy atom. The van der Waals surface area contributed by atoms with E-state index in [-0.39, 0.29) is 17.2 Å². The van der Waals surface area contributed by atoms with Crippen LogP contribution in [0, 0.1) is 11.3 Å². The first kappa shape index (κ1) is 11.5. The summed E-state index contributed by atoms with van der Waals surface area (Å²) in [5, 5.41) is 17.7. The van der Waals surface area contributed by atoms with Crippen molar-refractivity contribution in [2.45, 2.75) is 0 Å². The zero-order chi connectivity index (χ0) is 13.0. The average molecular weight is 241 g/mol. The van der Waals surface area contributed by atoms with Crippen molar-refractivity contribution in [3.8, 4) is 17.7 Å². The molecular formula is C12H7N3O3. The van der Waals surface area contributed by atoms with E-state index in [1.54, 1.807) is 0 Å². The summed E-state index contributed by atoms with van der Waals surface area (Å²) < 4.78 is 5.31. The van der Waals surface area contributed by atoms with E-state index in [0.29, 0.717) is 5.56 Å². The summed E-state index contributed by atoms with van der Waals surface area (Å²) in [4.78, 5) is 18.6. The molecule has 1 N–H and O–H groups in total. The van der Waals surface area contributed by atoms with Gasteiger partial charge in [0.05, 0.1) is 17.8 Å². The first-order valence-corrected chi connectivity index (χ1v) is 4.92. The topological polar surface area (TPSA) is 96.1 Å². The van der Waals surface area contributed by atoms with Crippen LogP contribution in [-0.2, 0) is 0 Å². The molecule has 0 atom stereocenters. The lowest BCUT2D eigenvalue weighted by Crippen LogP contribution is -2.01. The maximum absolute atomic E-state index is 11.0. The van der Waals surface area contributed by atoms with Crippen molar-refractivity contribution in [3.05, 3.63) is 47.9 Å². The highest BCUT2D eigenvalue weighted by atomic mass is 16.5. The van der Waals surface area contributed by atoms with E-state index in [0.717, 1.165) is 0 Å². The molecule has 6 heteroatoms. The highest BCUT2D eigenvalue weighted by molar-refractivity contribution is 5.90. The van der Waals surface area contributed by atoms with Crippen LogP contribution in [0.3, 0.4) is 0 Å². The van der Waals surface area contributed by atoms with Crippen LogP contribution in [0.4, 0.5) is 0 Å². The second-order valence-corrected chi connectivity index (χ2v) is 3.27. The van der Waals surface area contributed by atoms with Gasteiger partial charge in [0.15, 0.2) is 5.75 Å². The van der Waals surface area contributed by atoms with Gasteiger partial charge in [0.1, 0.15) is 5.56 Å². The standard InChI is InChI=1S/C12H7N3O3/c13-6-8-1-4-15-11(5-8)18-10-7-14-3-2-9(10)12(16)17/h1-5,7H,(H,16,17). The number of nitriles is 1. The minimum atomic E-state index is -1.12. The molecule has 2 heterocycles. The Labute approximate surface area is 102 Å². The lowest BCUT2D eigenvalue weighted by Gasteiger charge is -2.06. The van der Waals surface area contributed by atoms with Crippen molar-refractivity contribution in [2.75, 3.05) is 0 Å². The number of pyridine rings is 2. The Bertz CT molecular complexity index is 634. The maximum atomic E-state index is 11.0. The number of ether oxygens (including phenoxy) is 1. The number of nitrogens with zero attached hydrogens (tertiary/aromatic N) is 3. The van der Waals surface area contributed by atoms with E-state index in [2.05, 4.69) is 9.97 Å². The summed E-state index contributed by atoms with van der Waals surface area (Å²) in [7, 11) is 0. The first-order chi connectivity index (χ1) is 8.70. The van der Waals surface area contributed by atoms with E-state index < -0.39 is 5.97 Å². The van der Waals surface area contributed by atoms with Crippen LogP contribution in [0.15, 0.2) is 36.8 Å². The van der Waals surface area contributed by atoms with Crippen LogP contribution in [-0.4, -0.2) is 21.0 Å². The SMILES string of the molecule is N#Cc1ccnc(Oc2cnccc2C(=O)O)c1. The highest BCUT2D eigenvalue weighted by Crippen LogP contribution is 2.23. The van der Waals surface area contributed by atoms with Crippen molar-refractivity contribution >= 4 is 5.97 Å². The fourth-order valence-electron chi connectivity index (χ4n) is 1.29. The minimum absolute atomic E-state index is 0.0193. The summed E-state index contributed by atoms with van der Waals surface area (Å²) in [6, 6.07) is 6.20. The zero-order valence-electron chi connectivity index (χ0n) is 9.07. The summed E-state index contributed by atoms with van der Waals surface area (Å²) in [6.07, 6.45) is 4.05. The van der Waals surface area contributed by atoms with E-state index >= 15 is 0 Å². The summed E-state index contributed by atoms with van der Waals surface area (Å²) in [6.45, 7) is 0. The molecule has 6 nitrogen and oxygen atoms in total. The molecule has 2 aromatic rings. The van der Waals surface area contributed by atoms with Crippen LogP contribution in [0.1, 0.15) is 15.9 Å². The monoisotopic (exact) mass is 241 g/mol. The number of hydrogen-bond donors (Lipinski definition) is 1. The van der Waals surface area contributed by atoms with Gasteiger partial charge in [-0.1, -0.05) is 0 Å². The van der Waals surface area contributed by atoms with Gasteiger partial charge in [0.2, 0.25) is 5.88 Å². The molecule has 0 bridgehead atoms. The van der Waals surface area contributed by atoms with E-state index in [9.17, 15) is 4.79 Å². The van der Waals surface area contributed by atoms with E-state index in [4.69, 9.17) is 15.1 Å². The number of rotatable bonds is 3. The Morgan fingerprint density at radius 3 is 2.94 bits per heavy atom. The lowest BCUT2D eigenvalue weighted by molar-refractivity contribution is 0.0694. The normalized spacial score (nSPS) is 9.50. The number of aromatic carboxylic acids is 1. The molecule has 0 unspecified atom stereocenters. The van der Waals surface area contributed by atoms with Crippen LogP contribution in [0.25, 0.3) is 0 Å². The van der Waals surface area contributed by atoms with Crippen molar-refractivity contribution in [3.63, 3.8) is 0 Å². The van der Waals surface area contributed by atoms with Crippen LogP contribution in [0.5, 0.6) is 11.6 Å². The molecule has 88 valence electrons. The van der Waals surface area contributed by atoms with Gasteiger partial charge in [-0.05, 0) is 12.1 Å². The molecule has 0 aromatic carbocycles. The molecule has 0 saturated carbocycles. The van der Waals surface area contributed by atoms with Gasteiger partial charge in [0.25, 0.3) is 0 Å². The molecule has 0 radical (unpaired) electrons. The molecule has 0 amide bonds. The largest absolute Gasteiger partial charge is 0.478 e. The van der Waals surface area contributed by atoms with Crippen molar-refractivity contribution in [1.82, 2.24) is 9.97 Å². The van der Waals surface area contributed by atoms with Gasteiger partial charge >= 0.3 is 5.97 Å². The average Bonchev–Trinajstić information content (AvgIpc) is 2.39. The van der Waals surface area contributed by atoms with Gasteiger partial charge in [-0.2, -0.15) is 5.26 Å². The minimum Gasteiger partial charge on any atom is -0.478 e. The van der Waals surface area contributed by atoms with Crippen molar-refractivity contribution in [1.29, 1.82) is 5.26 Å². The molecule has 2 rings (SSSR count). The third-order valence-corrected chi connectivity index (χ3v) is 2.09. The number of hydrogen-bond acceptors (Lipinski definition) is 5. The van der Waals surface area contributed by atoms with Gasteiger partial charge in [-0.25, -0.2) is 9.78 Å². The smallest absolute Gasteiger partial charge is 0.339 e. The summed E-state index contributed by atoms with van der Waals surface area (Å²) >= 11 is 0. The van der Waals surface area contributed by atoms with Crippen molar-refractivity contribution in [2.24, 2.45) is 0 Å². The highest BCUT2D eigenvalue weighted by Gasteiger charge is 2.12. The molecule has 2 aromatic heterocycles. The quantitative estimate of drug-likeness (QED) is 0.880. The second kappa shape index (κ2) is 4.93. The molecule has 0 aliphatic heterocycles. The molecule has 0 saturated heterocycles. The molecule has 18 heavy (non-hydrogen) atoms.